The number of hydrogen-bond donors (Lipinski definition) is 0. The van der Waals surface area contributed by atoms with Crippen molar-refractivity contribution >= 4 is 16.3 Å². The Morgan fingerprint density at radius 1 is 1.20 bits per heavy atom. The monoisotopic (exact) mass is 260 g/mol. The first-order chi connectivity index (χ1) is 6.40. The van der Waals surface area contributed by atoms with Crippen LogP contribution in [0, 0.1) is 0 Å². The van der Waals surface area contributed by atoms with Crippen molar-refractivity contribution in [2.24, 2.45) is 0 Å². The van der Waals surface area contributed by atoms with Crippen LogP contribution in [0.15, 0.2) is 0 Å². The highest BCUT2D eigenvalue weighted by Gasteiger charge is 2.65. The summed E-state index contributed by atoms with van der Waals surface area (Å²) in [7, 11) is -5.63. The van der Waals surface area contributed by atoms with Crippen LogP contribution in [0.1, 0.15) is 0 Å². The van der Waals surface area contributed by atoms with Crippen LogP contribution in [-0.4, -0.2) is 32.4 Å². The minimum absolute atomic E-state index is 2.43. The van der Waals surface area contributed by atoms with Crippen molar-refractivity contribution in [2.45, 2.75) is 12.0 Å². The normalized spacial score (nSPS) is 17.2. The summed E-state index contributed by atoms with van der Waals surface area (Å²) in [6, 6.07) is -3.63. The van der Waals surface area contributed by atoms with Crippen molar-refractivity contribution in [3.8, 4) is 0 Å². The molecule has 0 rings (SSSR count). The lowest BCUT2D eigenvalue weighted by molar-refractivity contribution is -0.314. The Hall–Kier alpha value is -0.840. The first-order valence-corrected chi connectivity index (χ1v) is 4.47. The molecule has 0 aliphatic carbocycles. The second kappa shape index (κ2) is 3.96. The lowest BCUT2D eigenvalue weighted by Gasteiger charge is -2.21. The van der Waals surface area contributed by atoms with Gasteiger partial charge in [-0.15, -0.1) is 3.89 Å². The van der Waals surface area contributed by atoms with Gasteiger partial charge in [-0.2, -0.15) is 30.4 Å². The Morgan fingerprint density at radius 3 is 1.80 bits per heavy atom. The van der Waals surface area contributed by atoms with E-state index in [4.69, 9.17) is 0 Å². The third-order valence-corrected chi connectivity index (χ3v) is 1.42. The summed E-state index contributed by atoms with van der Waals surface area (Å²) >= 11 is 0. The molecule has 0 spiro atoms. The van der Waals surface area contributed by atoms with Gasteiger partial charge in [-0.1, -0.05) is 0 Å². The van der Waals surface area contributed by atoms with Gasteiger partial charge in [-0.25, -0.2) is 0 Å². The van der Waals surface area contributed by atoms with Crippen LogP contribution in [0.5, 0.6) is 0 Å². The third-order valence-electron chi connectivity index (χ3n) is 1.02. The maximum Gasteiger partial charge on any atom is 0.459 e. The fourth-order valence-electron chi connectivity index (χ4n) is 0.402. The zero-order chi connectivity index (χ0) is 12.5. The molecule has 0 aliphatic heterocycles. The summed E-state index contributed by atoms with van der Waals surface area (Å²) in [6.45, 7) is 0. The molecule has 0 aliphatic rings. The molecule has 90 valence electrons. The number of hydrogen-bond acceptors (Lipinski definition) is 4. The van der Waals surface area contributed by atoms with Crippen LogP contribution in [0.25, 0.3) is 0 Å². The summed E-state index contributed by atoms with van der Waals surface area (Å²) < 4.78 is 92.8. The molecule has 0 aromatic heterocycles. The highest BCUT2D eigenvalue weighted by molar-refractivity contribution is 7.86. The molecule has 0 bridgehead atoms. The van der Waals surface area contributed by atoms with E-state index in [-0.39, 0.29) is 0 Å². The number of rotatable bonds is 4. The average Bonchev–Trinajstić information content (AvgIpc) is 1.95. The molecule has 4 nitrogen and oxygen atoms in total. The quantitative estimate of drug-likeness (QED) is 0.558. The minimum Gasteiger partial charge on any atom is -0.312 e. The average molecular weight is 260 g/mol. The van der Waals surface area contributed by atoms with Crippen LogP contribution in [0.3, 0.4) is 0 Å². The van der Waals surface area contributed by atoms with Crippen LogP contribution >= 0.6 is 0 Å². The topological polar surface area (TPSA) is 60.4 Å². The number of carbonyl (C=O) groups excluding carboxylic acids is 1. The first-order valence-electron chi connectivity index (χ1n) is 2.92. The van der Waals surface area contributed by atoms with Gasteiger partial charge >= 0.3 is 28.3 Å². The van der Waals surface area contributed by atoms with Gasteiger partial charge in [0.15, 0.2) is 5.94 Å². The second-order valence-corrected chi connectivity index (χ2v) is 3.48. The largest absolute Gasteiger partial charge is 0.459 e. The van der Waals surface area contributed by atoms with Gasteiger partial charge in [0.05, 0.1) is 0 Å². The van der Waals surface area contributed by atoms with Gasteiger partial charge in [0.2, 0.25) is 0 Å². The molecular weight excluding hydrogens is 258 g/mol. The van der Waals surface area contributed by atoms with E-state index in [2.05, 4.69) is 4.74 Å². The van der Waals surface area contributed by atoms with Gasteiger partial charge in [0.1, 0.15) is 0 Å². The summed E-state index contributed by atoms with van der Waals surface area (Å²) in [5.41, 5.74) is 0. The molecular formula is C4H2F6O4S. The van der Waals surface area contributed by atoms with E-state index in [1.807, 2.05) is 0 Å². The Morgan fingerprint density at radius 2 is 1.60 bits per heavy atom. The van der Waals surface area contributed by atoms with E-state index in [9.17, 15) is 39.1 Å². The lowest BCUT2D eigenvalue weighted by atomic mass is 10.3. The number of carbonyl (C=O) groups is 1. The molecule has 0 fully saturated rings. The Labute approximate surface area is 79.0 Å². The predicted molar refractivity (Wildman–Crippen MR) is 32.0 cm³/mol. The Balaban J connectivity index is 4.94. The number of ether oxygens (including phenoxy) is 1. The maximum absolute atomic E-state index is 12.4. The fourth-order valence-corrected chi connectivity index (χ4v) is 0.705. The van der Waals surface area contributed by atoms with Gasteiger partial charge in [-0.05, 0) is 0 Å². The predicted octanol–water partition coefficient (Wildman–Crippen LogP) is 0.984. The Kier molecular flexibility index (Phi) is 3.74. The molecule has 0 amide bonds. The number of halogens is 6. The van der Waals surface area contributed by atoms with E-state index in [1.165, 1.54) is 0 Å². The van der Waals surface area contributed by atoms with Gasteiger partial charge in [-0.3, -0.25) is 4.79 Å². The van der Waals surface area contributed by atoms with Gasteiger partial charge in [0.25, 0.3) is 0 Å². The van der Waals surface area contributed by atoms with Crippen LogP contribution < -0.4 is 0 Å². The van der Waals surface area contributed by atoms with Crippen molar-refractivity contribution in [3.63, 3.8) is 0 Å². The molecule has 0 saturated heterocycles. The van der Waals surface area contributed by atoms with Crippen LogP contribution in [0.4, 0.5) is 25.8 Å². The van der Waals surface area contributed by atoms with E-state index >= 15 is 0 Å². The molecule has 0 radical (unpaired) electrons. The molecule has 0 aromatic carbocycles. The number of alkyl halides is 4. The summed E-state index contributed by atoms with van der Waals surface area (Å²) in [4.78, 5) is 9.63. The van der Waals surface area contributed by atoms with Crippen LogP contribution in [0.2, 0.25) is 0 Å². The highest BCUT2D eigenvalue weighted by Crippen LogP contribution is 2.36. The molecule has 11 heteroatoms. The van der Waals surface area contributed by atoms with E-state index in [1.54, 1.807) is 0 Å². The SMILES string of the molecule is O=C(F)C(F)(OCS(=O)(=O)F)C(F)(F)F. The molecule has 0 aromatic rings. The van der Waals surface area contributed by atoms with Gasteiger partial charge < -0.3 is 4.74 Å². The smallest absolute Gasteiger partial charge is 0.312 e. The molecule has 0 N–H and O–H groups in total. The lowest BCUT2D eigenvalue weighted by Crippen LogP contribution is -2.49. The second-order valence-electron chi connectivity index (χ2n) is 2.17. The van der Waals surface area contributed by atoms with Crippen LogP contribution in [-0.2, 0) is 19.8 Å². The van der Waals surface area contributed by atoms with Crippen molar-refractivity contribution in [2.75, 3.05) is 5.94 Å². The summed E-state index contributed by atoms with van der Waals surface area (Å²) in [5, 5.41) is 0. The van der Waals surface area contributed by atoms with Crippen molar-refractivity contribution in [3.05, 3.63) is 0 Å². The van der Waals surface area contributed by atoms with E-state index < -0.39 is 34.2 Å². The Bertz CT molecular complexity index is 347. The van der Waals surface area contributed by atoms with Crippen molar-refractivity contribution in [1.82, 2.24) is 0 Å². The molecule has 15 heavy (non-hydrogen) atoms. The minimum atomic E-state index is -6.15. The van der Waals surface area contributed by atoms with Crippen molar-refractivity contribution in [1.29, 1.82) is 0 Å². The zero-order valence-corrected chi connectivity index (χ0v) is 7.33. The molecule has 1 atom stereocenters. The molecule has 0 heterocycles. The maximum atomic E-state index is 12.4. The summed E-state index contributed by atoms with van der Waals surface area (Å²) in [5.74, 6) is -7.91. The summed E-state index contributed by atoms with van der Waals surface area (Å²) in [6.07, 6.45) is -6.15. The standard InChI is InChI=1S/C4H2F6O4S/c5-2(11)3(6,4(7,8)9)14-1-15(10,12)13/h1H2. The third kappa shape index (κ3) is 3.66. The highest BCUT2D eigenvalue weighted by atomic mass is 32.3. The van der Waals surface area contributed by atoms with E-state index in [0.29, 0.717) is 0 Å². The van der Waals surface area contributed by atoms with Crippen molar-refractivity contribution < 1.29 is 43.8 Å². The molecule has 1 unspecified atom stereocenters. The molecule has 0 saturated carbocycles. The fraction of sp³-hybridized carbons (Fsp3) is 0.750. The first kappa shape index (κ1) is 14.2. The van der Waals surface area contributed by atoms with Gasteiger partial charge in [0, 0.05) is 0 Å². The zero-order valence-electron chi connectivity index (χ0n) is 6.52. The van der Waals surface area contributed by atoms with E-state index in [0.717, 1.165) is 0 Å².